The Balaban J connectivity index is 1.94. The van der Waals surface area contributed by atoms with Crippen LogP contribution in [-0.4, -0.2) is 36.6 Å². The second kappa shape index (κ2) is 5.50. The highest BCUT2D eigenvalue weighted by atomic mass is 16.5. The van der Waals surface area contributed by atoms with Crippen LogP contribution in [0.2, 0.25) is 0 Å². The molecule has 0 aliphatic carbocycles. The lowest BCUT2D eigenvalue weighted by molar-refractivity contribution is -0.149. The summed E-state index contributed by atoms with van der Waals surface area (Å²) in [5, 5.41) is 0. The highest BCUT2D eigenvalue weighted by Gasteiger charge is 2.29. The molecule has 2 fully saturated rings. The standard InChI is InChI=1S/C12H21NO2/c14-12-11(13-8-4-5-9-13)7-3-1-2-6-10-15-12/h11H,1-10H2/t11-/m1/s1. The molecule has 0 unspecified atom stereocenters. The van der Waals surface area contributed by atoms with Crippen molar-refractivity contribution in [3.8, 4) is 0 Å². The highest BCUT2D eigenvalue weighted by molar-refractivity contribution is 5.75. The van der Waals surface area contributed by atoms with E-state index in [9.17, 15) is 4.79 Å². The zero-order valence-electron chi connectivity index (χ0n) is 9.41. The van der Waals surface area contributed by atoms with Crippen LogP contribution < -0.4 is 0 Å². The predicted octanol–water partition coefficient (Wildman–Crippen LogP) is 1.96. The molecule has 0 amide bonds. The van der Waals surface area contributed by atoms with Crippen LogP contribution in [0.25, 0.3) is 0 Å². The van der Waals surface area contributed by atoms with Crippen molar-refractivity contribution < 1.29 is 9.53 Å². The zero-order valence-corrected chi connectivity index (χ0v) is 9.41. The third kappa shape index (κ3) is 2.94. The molecule has 0 bridgehead atoms. The quantitative estimate of drug-likeness (QED) is 0.621. The fourth-order valence-electron chi connectivity index (χ4n) is 2.57. The van der Waals surface area contributed by atoms with E-state index in [-0.39, 0.29) is 12.0 Å². The van der Waals surface area contributed by atoms with Crippen molar-refractivity contribution in [1.29, 1.82) is 0 Å². The molecule has 2 aliphatic rings. The van der Waals surface area contributed by atoms with Gasteiger partial charge >= 0.3 is 5.97 Å². The largest absolute Gasteiger partial charge is 0.465 e. The van der Waals surface area contributed by atoms with Gasteiger partial charge in [-0.15, -0.1) is 0 Å². The average Bonchev–Trinajstić information content (AvgIpc) is 2.75. The molecule has 0 aromatic carbocycles. The van der Waals surface area contributed by atoms with E-state index in [4.69, 9.17) is 4.74 Å². The SMILES string of the molecule is O=C1OCCCCCC[C@H]1N1CCCC1. The molecule has 0 radical (unpaired) electrons. The fourth-order valence-corrected chi connectivity index (χ4v) is 2.57. The van der Waals surface area contributed by atoms with Crippen molar-refractivity contribution >= 4 is 5.97 Å². The van der Waals surface area contributed by atoms with Gasteiger partial charge in [0.05, 0.1) is 6.61 Å². The molecule has 15 heavy (non-hydrogen) atoms. The number of esters is 1. The lowest BCUT2D eigenvalue weighted by Crippen LogP contribution is -2.40. The number of hydrogen-bond acceptors (Lipinski definition) is 3. The van der Waals surface area contributed by atoms with E-state index in [1.54, 1.807) is 0 Å². The Morgan fingerprint density at radius 2 is 1.73 bits per heavy atom. The molecule has 3 heteroatoms. The summed E-state index contributed by atoms with van der Waals surface area (Å²) in [6, 6.07) is 0.0607. The zero-order chi connectivity index (χ0) is 10.5. The van der Waals surface area contributed by atoms with E-state index in [1.807, 2.05) is 0 Å². The van der Waals surface area contributed by atoms with E-state index in [0.717, 1.165) is 25.9 Å². The molecule has 2 rings (SSSR count). The van der Waals surface area contributed by atoms with Gasteiger partial charge in [-0.3, -0.25) is 9.69 Å². The van der Waals surface area contributed by atoms with Crippen molar-refractivity contribution in [2.45, 2.75) is 51.0 Å². The summed E-state index contributed by atoms with van der Waals surface area (Å²) >= 11 is 0. The Hall–Kier alpha value is -0.570. The Morgan fingerprint density at radius 1 is 1.00 bits per heavy atom. The normalized spacial score (nSPS) is 30.4. The summed E-state index contributed by atoms with van der Waals surface area (Å²) < 4.78 is 5.31. The minimum atomic E-state index is 0.0267. The first-order valence-electron chi connectivity index (χ1n) is 6.28. The van der Waals surface area contributed by atoms with Gasteiger partial charge in [-0.25, -0.2) is 0 Å². The molecule has 1 atom stereocenters. The fraction of sp³-hybridized carbons (Fsp3) is 0.917. The Morgan fingerprint density at radius 3 is 2.53 bits per heavy atom. The third-order valence-corrected chi connectivity index (χ3v) is 3.47. The van der Waals surface area contributed by atoms with E-state index in [1.165, 1.54) is 32.1 Å². The minimum absolute atomic E-state index is 0.0267. The Kier molecular flexibility index (Phi) is 4.01. The summed E-state index contributed by atoms with van der Waals surface area (Å²) in [5.41, 5.74) is 0. The van der Waals surface area contributed by atoms with E-state index < -0.39 is 0 Å². The van der Waals surface area contributed by atoms with Crippen molar-refractivity contribution in [3.63, 3.8) is 0 Å². The van der Waals surface area contributed by atoms with Gasteiger partial charge in [0.15, 0.2) is 0 Å². The first-order valence-corrected chi connectivity index (χ1v) is 6.28. The summed E-state index contributed by atoms with van der Waals surface area (Å²) in [6.07, 6.45) is 8.15. The van der Waals surface area contributed by atoms with Gasteiger partial charge in [0, 0.05) is 0 Å². The summed E-state index contributed by atoms with van der Waals surface area (Å²) in [6.45, 7) is 2.79. The molecule has 0 saturated carbocycles. The first kappa shape index (κ1) is 10.9. The summed E-state index contributed by atoms with van der Waals surface area (Å²) in [7, 11) is 0. The number of cyclic esters (lactones) is 1. The average molecular weight is 211 g/mol. The molecule has 2 heterocycles. The van der Waals surface area contributed by atoms with Gasteiger partial charge < -0.3 is 4.74 Å². The van der Waals surface area contributed by atoms with Crippen LogP contribution in [0, 0.1) is 0 Å². The van der Waals surface area contributed by atoms with Crippen LogP contribution in [0.3, 0.4) is 0 Å². The van der Waals surface area contributed by atoms with Crippen LogP contribution in [0.15, 0.2) is 0 Å². The second-order valence-corrected chi connectivity index (χ2v) is 4.63. The van der Waals surface area contributed by atoms with E-state index >= 15 is 0 Å². The lowest BCUT2D eigenvalue weighted by atomic mass is 10.1. The number of nitrogens with zero attached hydrogens (tertiary/aromatic N) is 1. The number of rotatable bonds is 1. The summed E-state index contributed by atoms with van der Waals surface area (Å²) in [5.74, 6) is 0.0267. The van der Waals surface area contributed by atoms with Crippen LogP contribution in [0.4, 0.5) is 0 Å². The maximum absolute atomic E-state index is 11.8. The summed E-state index contributed by atoms with van der Waals surface area (Å²) in [4.78, 5) is 14.2. The second-order valence-electron chi connectivity index (χ2n) is 4.63. The Bertz CT molecular complexity index is 212. The number of hydrogen-bond donors (Lipinski definition) is 0. The lowest BCUT2D eigenvalue weighted by Gasteiger charge is -2.24. The number of carbonyl (C=O) groups excluding carboxylic acids is 1. The van der Waals surface area contributed by atoms with Crippen molar-refractivity contribution in [2.24, 2.45) is 0 Å². The first-order chi connectivity index (χ1) is 7.38. The van der Waals surface area contributed by atoms with Crippen LogP contribution in [0.1, 0.15) is 44.9 Å². The van der Waals surface area contributed by atoms with Crippen molar-refractivity contribution in [1.82, 2.24) is 4.90 Å². The molecule has 3 nitrogen and oxygen atoms in total. The third-order valence-electron chi connectivity index (χ3n) is 3.47. The number of ether oxygens (including phenoxy) is 1. The van der Waals surface area contributed by atoms with Crippen molar-refractivity contribution in [2.75, 3.05) is 19.7 Å². The van der Waals surface area contributed by atoms with E-state index in [2.05, 4.69) is 4.90 Å². The predicted molar refractivity (Wildman–Crippen MR) is 58.6 cm³/mol. The smallest absolute Gasteiger partial charge is 0.323 e. The van der Waals surface area contributed by atoms with Gasteiger partial charge in [-0.1, -0.05) is 19.3 Å². The minimum Gasteiger partial charge on any atom is -0.465 e. The topological polar surface area (TPSA) is 29.5 Å². The van der Waals surface area contributed by atoms with Crippen LogP contribution in [0.5, 0.6) is 0 Å². The molecular formula is C12H21NO2. The monoisotopic (exact) mass is 211 g/mol. The highest BCUT2D eigenvalue weighted by Crippen LogP contribution is 2.19. The molecule has 86 valence electrons. The van der Waals surface area contributed by atoms with Gasteiger partial charge in [0.1, 0.15) is 6.04 Å². The van der Waals surface area contributed by atoms with Gasteiger partial charge in [0.25, 0.3) is 0 Å². The molecule has 2 saturated heterocycles. The van der Waals surface area contributed by atoms with Gasteiger partial charge in [0.2, 0.25) is 0 Å². The molecule has 0 aromatic heterocycles. The number of carbonyl (C=O) groups is 1. The molecule has 0 aromatic rings. The maximum atomic E-state index is 11.8. The van der Waals surface area contributed by atoms with Crippen LogP contribution in [-0.2, 0) is 9.53 Å². The maximum Gasteiger partial charge on any atom is 0.323 e. The Labute approximate surface area is 91.8 Å². The van der Waals surface area contributed by atoms with Crippen LogP contribution >= 0.6 is 0 Å². The van der Waals surface area contributed by atoms with Gasteiger partial charge in [-0.05, 0) is 38.8 Å². The van der Waals surface area contributed by atoms with Crippen molar-refractivity contribution in [3.05, 3.63) is 0 Å². The molecular weight excluding hydrogens is 190 g/mol. The molecule has 2 aliphatic heterocycles. The number of likely N-dealkylation sites (tertiary alicyclic amines) is 1. The molecule has 0 N–H and O–H groups in total. The molecule has 0 spiro atoms. The van der Waals surface area contributed by atoms with E-state index in [0.29, 0.717) is 6.61 Å². The van der Waals surface area contributed by atoms with Gasteiger partial charge in [-0.2, -0.15) is 0 Å².